The van der Waals surface area contributed by atoms with Crippen LogP contribution in [0.2, 0.25) is 0 Å². The number of phenols is 1. The number of alkyl carbamates (subject to hydrolysis) is 1. The molecular weight excluding hydrogens is 447 g/mol. The zero-order valence-electron chi connectivity index (χ0n) is 16.0. The highest BCUT2D eigenvalue weighted by Crippen LogP contribution is 2.11. The van der Waals surface area contributed by atoms with E-state index in [-0.39, 0.29) is 29.7 Å². The summed E-state index contributed by atoms with van der Waals surface area (Å²) in [6, 6.07) is 7.16. The van der Waals surface area contributed by atoms with Gasteiger partial charge in [0.2, 0.25) is 0 Å². The third-order valence-corrected chi connectivity index (χ3v) is 3.01. The zero-order chi connectivity index (χ0) is 18.7. The number of benzene rings is 1. The molecule has 8 heteroatoms. The Morgan fingerprint density at radius 1 is 1.19 bits per heavy atom. The molecule has 1 aromatic rings. The molecule has 0 spiro atoms. The summed E-state index contributed by atoms with van der Waals surface area (Å²) in [5.41, 5.74) is 0.533. The molecule has 148 valence electrons. The number of ether oxygens (including phenoxy) is 1. The lowest BCUT2D eigenvalue weighted by atomic mass is 10.1. The Kier molecular flexibility index (Phi) is 11.8. The molecule has 0 aromatic heterocycles. The maximum atomic E-state index is 11.6. The summed E-state index contributed by atoms with van der Waals surface area (Å²) in [4.78, 5) is 16.0. The Morgan fingerprint density at radius 2 is 1.88 bits per heavy atom. The predicted octanol–water partition coefficient (Wildman–Crippen LogP) is 2.63. The fourth-order valence-corrected chi connectivity index (χ4v) is 2.01. The average molecular weight is 478 g/mol. The van der Waals surface area contributed by atoms with Gasteiger partial charge in [0.05, 0.1) is 0 Å². The summed E-state index contributed by atoms with van der Waals surface area (Å²) in [5.74, 6) is 0.952. The number of hydrogen-bond acceptors (Lipinski definition) is 4. The first-order valence-corrected chi connectivity index (χ1v) is 8.57. The zero-order valence-corrected chi connectivity index (χ0v) is 18.3. The van der Waals surface area contributed by atoms with Crippen molar-refractivity contribution >= 4 is 36.0 Å². The highest BCUT2D eigenvalue weighted by atomic mass is 127. The predicted molar refractivity (Wildman–Crippen MR) is 115 cm³/mol. The standard InChI is InChI=1S/C18H30N4O3.HI/c1-5-19-16(20-10-9-14-7-6-8-15(23)13-14)21-11-12-22-17(24)25-18(2,3)4;/h6-8,13,23H,5,9-12H2,1-4H3,(H,22,24)(H2,19,20,21);1H. The Labute approximate surface area is 173 Å². The Balaban J connectivity index is 0.00000625. The van der Waals surface area contributed by atoms with Crippen molar-refractivity contribution in [3.63, 3.8) is 0 Å². The molecule has 0 atom stereocenters. The van der Waals surface area contributed by atoms with Gasteiger partial charge < -0.3 is 25.8 Å². The highest BCUT2D eigenvalue weighted by Gasteiger charge is 2.15. The third-order valence-electron chi connectivity index (χ3n) is 3.01. The van der Waals surface area contributed by atoms with Crippen LogP contribution in [0.25, 0.3) is 0 Å². The van der Waals surface area contributed by atoms with Gasteiger partial charge in [0.1, 0.15) is 11.4 Å². The van der Waals surface area contributed by atoms with Crippen molar-refractivity contribution in [1.29, 1.82) is 0 Å². The number of carbonyl (C=O) groups is 1. The fraction of sp³-hybridized carbons (Fsp3) is 0.556. The van der Waals surface area contributed by atoms with E-state index in [1.807, 2.05) is 39.8 Å². The van der Waals surface area contributed by atoms with Crippen molar-refractivity contribution in [2.24, 2.45) is 4.99 Å². The Morgan fingerprint density at radius 3 is 2.50 bits per heavy atom. The SMILES string of the molecule is CCNC(=NCCc1cccc(O)c1)NCCNC(=O)OC(C)(C)C.I. The minimum absolute atomic E-state index is 0. The number of aliphatic imine (C=N–C) groups is 1. The van der Waals surface area contributed by atoms with Crippen LogP contribution in [0.3, 0.4) is 0 Å². The summed E-state index contributed by atoms with van der Waals surface area (Å²) >= 11 is 0. The molecule has 1 aromatic carbocycles. The summed E-state index contributed by atoms with van der Waals surface area (Å²) in [6.07, 6.45) is 0.307. The van der Waals surface area contributed by atoms with Crippen LogP contribution in [-0.4, -0.2) is 48.9 Å². The lowest BCUT2D eigenvalue weighted by Gasteiger charge is -2.19. The van der Waals surface area contributed by atoms with E-state index in [0.29, 0.717) is 25.6 Å². The normalized spacial score (nSPS) is 11.3. The number of aromatic hydroxyl groups is 1. The van der Waals surface area contributed by atoms with Crippen molar-refractivity contribution in [3.05, 3.63) is 29.8 Å². The molecule has 0 heterocycles. The molecular formula is C18H31IN4O3. The van der Waals surface area contributed by atoms with Gasteiger partial charge in [-0.2, -0.15) is 0 Å². The first-order valence-electron chi connectivity index (χ1n) is 8.57. The molecule has 0 radical (unpaired) electrons. The van der Waals surface area contributed by atoms with Crippen LogP contribution in [0, 0.1) is 0 Å². The van der Waals surface area contributed by atoms with Crippen LogP contribution >= 0.6 is 24.0 Å². The van der Waals surface area contributed by atoms with Gasteiger partial charge in [0, 0.05) is 26.2 Å². The molecule has 4 N–H and O–H groups in total. The van der Waals surface area contributed by atoms with Gasteiger partial charge in [0.25, 0.3) is 0 Å². The molecule has 0 fully saturated rings. The highest BCUT2D eigenvalue weighted by molar-refractivity contribution is 14.0. The number of amides is 1. The van der Waals surface area contributed by atoms with Crippen LogP contribution in [0.4, 0.5) is 4.79 Å². The first kappa shape index (κ1) is 24.3. The van der Waals surface area contributed by atoms with Gasteiger partial charge in [-0.15, -0.1) is 24.0 Å². The number of nitrogens with zero attached hydrogens (tertiary/aromatic N) is 1. The van der Waals surface area contributed by atoms with Gasteiger partial charge in [-0.05, 0) is 51.8 Å². The van der Waals surface area contributed by atoms with Crippen molar-refractivity contribution in [2.45, 2.75) is 39.7 Å². The van der Waals surface area contributed by atoms with Gasteiger partial charge in [-0.1, -0.05) is 12.1 Å². The molecule has 0 aliphatic heterocycles. The molecule has 0 bridgehead atoms. The maximum absolute atomic E-state index is 11.6. The second-order valence-electron chi connectivity index (χ2n) is 6.54. The minimum Gasteiger partial charge on any atom is -0.508 e. The lowest BCUT2D eigenvalue weighted by Crippen LogP contribution is -2.42. The van der Waals surface area contributed by atoms with Crippen molar-refractivity contribution < 1.29 is 14.6 Å². The van der Waals surface area contributed by atoms with Crippen LogP contribution in [0.5, 0.6) is 5.75 Å². The molecule has 0 aliphatic rings. The lowest BCUT2D eigenvalue weighted by molar-refractivity contribution is 0.0529. The van der Waals surface area contributed by atoms with E-state index in [9.17, 15) is 9.90 Å². The minimum atomic E-state index is -0.500. The summed E-state index contributed by atoms with van der Waals surface area (Å²) in [5, 5.41) is 18.5. The average Bonchev–Trinajstić information content (AvgIpc) is 2.50. The Hall–Kier alpha value is -1.71. The van der Waals surface area contributed by atoms with E-state index in [1.54, 1.807) is 12.1 Å². The van der Waals surface area contributed by atoms with Gasteiger partial charge >= 0.3 is 6.09 Å². The van der Waals surface area contributed by atoms with Gasteiger partial charge in [0.15, 0.2) is 5.96 Å². The maximum Gasteiger partial charge on any atom is 0.407 e. The molecule has 26 heavy (non-hydrogen) atoms. The summed E-state index contributed by atoms with van der Waals surface area (Å²) < 4.78 is 5.17. The molecule has 0 aliphatic carbocycles. The fourth-order valence-electron chi connectivity index (χ4n) is 2.01. The second kappa shape index (κ2) is 12.6. The largest absolute Gasteiger partial charge is 0.508 e. The van der Waals surface area contributed by atoms with E-state index in [1.165, 1.54) is 0 Å². The van der Waals surface area contributed by atoms with E-state index in [4.69, 9.17) is 4.74 Å². The van der Waals surface area contributed by atoms with Crippen LogP contribution in [-0.2, 0) is 11.2 Å². The molecule has 1 amide bonds. The number of nitrogens with one attached hydrogen (secondary N) is 3. The monoisotopic (exact) mass is 478 g/mol. The number of rotatable bonds is 7. The number of guanidine groups is 1. The number of hydrogen-bond donors (Lipinski definition) is 4. The number of halogens is 1. The number of carbonyl (C=O) groups excluding carboxylic acids is 1. The van der Waals surface area contributed by atoms with Crippen molar-refractivity contribution in [1.82, 2.24) is 16.0 Å². The smallest absolute Gasteiger partial charge is 0.407 e. The molecule has 0 saturated carbocycles. The van der Waals surface area contributed by atoms with E-state index in [0.717, 1.165) is 18.5 Å². The third kappa shape index (κ3) is 11.8. The van der Waals surface area contributed by atoms with Gasteiger partial charge in [-0.3, -0.25) is 4.99 Å². The summed E-state index contributed by atoms with van der Waals surface area (Å²) in [6.45, 7) is 9.79. The van der Waals surface area contributed by atoms with Crippen molar-refractivity contribution in [3.8, 4) is 5.75 Å². The van der Waals surface area contributed by atoms with Crippen LogP contribution in [0.15, 0.2) is 29.3 Å². The van der Waals surface area contributed by atoms with Gasteiger partial charge in [-0.25, -0.2) is 4.79 Å². The summed E-state index contributed by atoms with van der Waals surface area (Å²) in [7, 11) is 0. The quantitative estimate of drug-likeness (QED) is 0.209. The molecule has 0 saturated heterocycles. The molecule has 7 nitrogen and oxygen atoms in total. The van der Waals surface area contributed by atoms with Crippen molar-refractivity contribution in [2.75, 3.05) is 26.2 Å². The van der Waals surface area contributed by atoms with Crippen LogP contribution in [0.1, 0.15) is 33.3 Å². The first-order chi connectivity index (χ1) is 11.8. The molecule has 1 rings (SSSR count). The number of phenolic OH excluding ortho intramolecular Hbond substituents is 1. The van der Waals surface area contributed by atoms with E-state index in [2.05, 4.69) is 20.9 Å². The van der Waals surface area contributed by atoms with E-state index >= 15 is 0 Å². The molecule has 0 unspecified atom stereocenters. The second-order valence-corrected chi connectivity index (χ2v) is 6.54. The van der Waals surface area contributed by atoms with Crippen LogP contribution < -0.4 is 16.0 Å². The van der Waals surface area contributed by atoms with E-state index < -0.39 is 11.7 Å². The Bertz CT molecular complexity index is 574. The topological polar surface area (TPSA) is 95.0 Å².